The first-order valence-corrected chi connectivity index (χ1v) is 7.12. The average molecular weight is 279 g/mol. The summed E-state index contributed by atoms with van der Waals surface area (Å²) in [5.74, 6) is 1.55. The minimum atomic E-state index is -0.418. The molecule has 0 aromatic carbocycles. The zero-order valence-electron chi connectivity index (χ0n) is 12.0. The van der Waals surface area contributed by atoms with Gasteiger partial charge in [-0.1, -0.05) is 19.8 Å². The molecular formula is C13H21N5O2. The number of anilines is 2. The van der Waals surface area contributed by atoms with Crippen molar-refractivity contribution in [3.05, 3.63) is 15.8 Å². The summed E-state index contributed by atoms with van der Waals surface area (Å²) in [6.07, 6.45) is 4.54. The Morgan fingerprint density at radius 2 is 2.05 bits per heavy atom. The summed E-state index contributed by atoms with van der Waals surface area (Å²) in [6, 6.07) is 0. The van der Waals surface area contributed by atoms with Crippen LogP contribution < -0.4 is 10.6 Å². The molecule has 0 spiro atoms. The molecule has 7 heteroatoms. The Hall–Kier alpha value is -1.92. The second-order valence-electron chi connectivity index (χ2n) is 5.17. The van der Waals surface area contributed by atoms with Gasteiger partial charge in [-0.15, -0.1) is 0 Å². The van der Waals surface area contributed by atoms with Crippen LogP contribution in [-0.2, 0) is 0 Å². The summed E-state index contributed by atoms with van der Waals surface area (Å²) in [4.78, 5) is 19.1. The lowest BCUT2D eigenvalue weighted by Crippen LogP contribution is -2.12. The SMILES string of the molecule is CCCNc1nc(C)c([N+](=O)[O-])c(NCCC2CC2)n1. The van der Waals surface area contributed by atoms with Crippen molar-refractivity contribution in [2.75, 3.05) is 23.7 Å². The third-order valence-corrected chi connectivity index (χ3v) is 3.32. The Balaban J connectivity index is 2.13. The molecule has 1 aliphatic rings. The first-order chi connectivity index (χ1) is 9.61. The van der Waals surface area contributed by atoms with E-state index in [2.05, 4.69) is 20.6 Å². The number of rotatable bonds is 8. The predicted octanol–water partition coefficient (Wildman–Crippen LogP) is 2.73. The van der Waals surface area contributed by atoms with Crippen molar-refractivity contribution in [3.63, 3.8) is 0 Å². The molecule has 1 saturated carbocycles. The highest BCUT2D eigenvalue weighted by atomic mass is 16.6. The lowest BCUT2D eigenvalue weighted by Gasteiger charge is -2.10. The summed E-state index contributed by atoms with van der Waals surface area (Å²) in [7, 11) is 0. The number of nitro groups is 1. The van der Waals surface area contributed by atoms with E-state index >= 15 is 0 Å². The van der Waals surface area contributed by atoms with Crippen LogP contribution in [0.2, 0.25) is 0 Å². The van der Waals surface area contributed by atoms with E-state index < -0.39 is 4.92 Å². The Morgan fingerprint density at radius 1 is 1.30 bits per heavy atom. The van der Waals surface area contributed by atoms with Crippen molar-refractivity contribution in [2.45, 2.75) is 39.5 Å². The van der Waals surface area contributed by atoms with Gasteiger partial charge in [0.05, 0.1) is 4.92 Å². The molecule has 0 radical (unpaired) electrons. The highest BCUT2D eigenvalue weighted by Crippen LogP contribution is 2.33. The number of nitrogens with zero attached hydrogens (tertiary/aromatic N) is 3. The van der Waals surface area contributed by atoms with E-state index in [1.165, 1.54) is 12.8 Å². The van der Waals surface area contributed by atoms with E-state index in [9.17, 15) is 10.1 Å². The quantitative estimate of drug-likeness (QED) is 0.561. The molecule has 0 aliphatic heterocycles. The van der Waals surface area contributed by atoms with Gasteiger partial charge in [-0.2, -0.15) is 4.98 Å². The highest BCUT2D eigenvalue weighted by molar-refractivity contribution is 5.60. The maximum Gasteiger partial charge on any atom is 0.332 e. The number of aromatic nitrogens is 2. The van der Waals surface area contributed by atoms with Gasteiger partial charge in [-0.3, -0.25) is 10.1 Å². The Bertz CT molecular complexity index is 488. The highest BCUT2D eigenvalue weighted by Gasteiger charge is 2.24. The van der Waals surface area contributed by atoms with Crippen LogP contribution >= 0.6 is 0 Å². The topological polar surface area (TPSA) is 93.0 Å². The molecule has 1 aromatic heterocycles. The minimum Gasteiger partial charge on any atom is -0.364 e. The van der Waals surface area contributed by atoms with Gasteiger partial charge in [0.25, 0.3) is 0 Å². The van der Waals surface area contributed by atoms with Crippen molar-refractivity contribution in [3.8, 4) is 0 Å². The second kappa shape index (κ2) is 6.49. The standard InChI is InChI=1S/C13H21N5O2/c1-3-7-15-13-16-9(2)11(18(19)20)12(17-13)14-8-6-10-4-5-10/h10H,3-8H2,1-2H3,(H2,14,15,16,17). The monoisotopic (exact) mass is 279 g/mol. The molecule has 0 saturated heterocycles. The Kier molecular flexibility index (Phi) is 4.70. The van der Waals surface area contributed by atoms with Crippen molar-refractivity contribution < 1.29 is 4.92 Å². The number of hydrogen-bond acceptors (Lipinski definition) is 6. The molecule has 1 heterocycles. The minimum absolute atomic E-state index is 0.0251. The van der Waals surface area contributed by atoms with Crippen molar-refractivity contribution in [1.82, 2.24) is 9.97 Å². The van der Waals surface area contributed by atoms with E-state index in [1.807, 2.05) is 6.92 Å². The third-order valence-electron chi connectivity index (χ3n) is 3.32. The molecule has 0 atom stereocenters. The fourth-order valence-corrected chi connectivity index (χ4v) is 2.03. The fourth-order valence-electron chi connectivity index (χ4n) is 2.03. The van der Waals surface area contributed by atoms with Gasteiger partial charge in [-0.25, -0.2) is 4.98 Å². The molecule has 1 aromatic rings. The lowest BCUT2D eigenvalue weighted by molar-refractivity contribution is -0.385. The molecular weight excluding hydrogens is 258 g/mol. The first-order valence-electron chi connectivity index (χ1n) is 7.12. The largest absolute Gasteiger partial charge is 0.364 e. The third kappa shape index (κ3) is 3.79. The van der Waals surface area contributed by atoms with E-state index in [-0.39, 0.29) is 5.69 Å². The normalized spacial score (nSPS) is 14.1. The first kappa shape index (κ1) is 14.5. The summed E-state index contributed by atoms with van der Waals surface area (Å²) in [6.45, 7) is 5.15. The van der Waals surface area contributed by atoms with Crippen molar-refractivity contribution in [2.24, 2.45) is 5.92 Å². The fraction of sp³-hybridized carbons (Fsp3) is 0.692. The molecule has 1 fully saturated rings. The van der Waals surface area contributed by atoms with Crippen molar-refractivity contribution in [1.29, 1.82) is 0 Å². The number of nitrogens with one attached hydrogen (secondary N) is 2. The number of aryl methyl sites for hydroxylation is 1. The van der Waals surface area contributed by atoms with Gasteiger partial charge < -0.3 is 10.6 Å². The molecule has 0 amide bonds. The lowest BCUT2D eigenvalue weighted by atomic mass is 10.3. The van der Waals surface area contributed by atoms with Crippen LogP contribution in [0.4, 0.5) is 17.5 Å². The summed E-state index contributed by atoms with van der Waals surface area (Å²) < 4.78 is 0. The van der Waals surface area contributed by atoms with E-state index in [0.29, 0.717) is 17.5 Å². The van der Waals surface area contributed by atoms with E-state index in [4.69, 9.17) is 0 Å². The van der Waals surface area contributed by atoms with Crippen LogP contribution in [0.15, 0.2) is 0 Å². The maximum absolute atomic E-state index is 11.1. The average Bonchev–Trinajstić information content (AvgIpc) is 3.19. The zero-order valence-corrected chi connectivity index (χ0v) is 12.0. The summed E-state index contributed by atoms with van der Waals surface area (Å²) >= 11 is 0. The number of hydrogen-bond donors (Lipinski definition) is 2. The van der Waals surface area contributed by atoms with Gasteiger partial charge in [-0.05, 0) is 25.7 Å². The van der Waals surface area contributed by atoms with E-state index in [1.54, 1.807) is 6.92 Å². The predicted molar refractivity (Wildman–Crippen MR) is 78.0 cm³/mol. The zero-order chi connectivity index (χ0) is 14.5. The Labute approximate surface area is 118 Å². The van der Waals surface area contributed by atoms with Crippen LogP contribution in [0.1, 0.15) is 38.3 Å². The van der Waals surface area contributed by atoms with Crippen LogP contribution in [0.3, 0.4) is 0 Å². The maximum atomic E-state index is 11.1. The van der Waals surface area contributed by atoms with Crippen LogP contribution in [0.5, 0.6) is 0 Å². The summed E-state index contributed by atoms with van der Waals surface area (Å²) in [5, 5.41) is 17.3. The Morgan fingerprint density at radius 3 is 2.65 bits per heavy atom. The summed E-state index contributed by atoms with van der Waals surface area (Å²) in [5.41, 5.74) is 0.361. The van der Waals surface area contributed by atoms with Gasteiger partial charge in [0.2, 0.25) is 11.8 Å². The molecule has 0 unspecified atom stereocenters. The van der Waals surface area contributed by atoms with Gasteiger partial charge in [0.15, 0.2) is 0 Å². The molecule has 0 bridgehead atoms. The molecule has 110 valence electrons. The molecule has 20 heavy (non-hydrogen) atoms. The van der Waals surface area contributed by atoms with Gasteiger partial charge in [0, 0.05) is 13.1 Å². The van der Waals surface area contributed by atoms with Gasteiger partial charge >= 0.3 is 5.69 Å². The molecule has 2 N–H and O–H groups in total. The molecule has 2 rings (SSSR count). The molecule has 7 nitrogen and oxygen atoms in total. The van der Waals surface area contributed by atoms with Crippen LogP contribution in [0, 0.1) is 23.0 Å². The van der Waals surface area contributed by atoms with Crippen LogP contribution in [0.25, 0.3) is 0 Å². The van der Waals surface area contributed by atoms with Crippen molar-refractivity contribution >= 4 is 17.5 Å². The smallest absolute Gasteiger partial charge is 0.332 e. The second-order valence-corrected chi connectivity index (χ2v) is 5.17. The van der Waals surface area contributed by atoms with E-state index in [0.717, 1.165) is 31.8 Å². The van der Waals surface area contributed by atoms with Crippen LogP contribution in [-0.4, -0.2) is 28.0 Å². The molecule has 1 aliphatic carbocycles. The van der Waals surface area contributed by atoms with Gasteiger partial charge in [0.1, 0.15) is 5.69 Å².